The standard InChI is InChI=1S/C14H13F6N5O2/c1-2-8(5-21)9(13(15,16)17)3-4-22-11(27)10(26)6-25-7-23-12(24-25)14(18,19)20/h2-3,7,10,26H,4,6H2,1H3,(H,22,27)/b8-2-,9-3+/t10-/m0/s1. The van der Waals surface area contributed by atoms with Crippen molar-refractivity contribution in [2.24, 2.45) is 0 Å². The number of nitrogens with one attached hydrogen (secondary N) is 1. The third kappa shape index (κ3) is 6.41. The molecule has 1 aromatic rings. The van der Waals surface area contributed by atoms with Crippen molar-refractivity contribution in [1.82, 2.24) is 20.1 Å². The maximum Gasteiger partial charge on any atom is 0.453 e. The summed E-state index contributed by atoms with van der Waals surface area (Å²) in [7, 11) is 0. The number of alkyl halides is 6. The van der Waals surface area contributed by atoms with Crippen molar-refractivity contribution < 1.29 is 36.2 Å². The smallest absolute Gasteiger partial charge is 0.381 e. The van der Waals surface area contributed by atoms with Crippen LogP contribution in [0.1, 0.15) is 12.7 Å². The zero-order valence-corrected chi connectivity index (χ0v) is 13.6. The molecule has 1 amide bonds. The summed E-state index contributed by atoms with van der Waals surface area (Å²) in [4.78, 5) is 14.6. The number of nitrogens with zero attached hydrogens (tertiary/aromatic N) is 4. The Hall–Kier alpha value is -2.88. The van der Waals surface area contributed by atoms with E-state index < -0.39 is 54.4 Å². The number of hydrogen-bond donors (Lipinski definition) is 2. The molecule has 7 nitrogen and oxygen atoms in total. The second-order valence-electron chi connectivity index (χ2n) is 4.98. The molecular weight excluding hydrogens is 384 g/mol. The number of aliphatic hydroxyl groups is 1. The van der Waals surface area contributed by atoms with Crippen LogP contribution in [0.2, 0.25) is 0 Å². The number of aliphatic hydroxyl groups excluding tert-OH is 1. The Morgan fingerprint density at radius 2 is 2.04 bits per heavy atom. The number of halogens is 6. The SMILES string of the molecule is C/C=C(C#N)\C(=C/CNC(=O)[C@@H](O)Cn1cnc(C(F)(F)F)n1)C(F)(F)F. The topological polar surface area (TPSA) is 104 Å². The predicted octanol–water partition coefficient (Wildman–Crippen LogP) is 1.73. The molecule has 1 heterocycles. The van der Waals surface area contributed by atoms with Crippen molar-refractivity contribution >= 4 is 5.91 Å². The number of carbonyl (C=O) groups is 1. The van der Waals surface area contributed by atoms with E-state index in [1.165, 1.54) is 13.0 Å². The summed E-state index contributed by atoms with van der Waals surface area (Å²) in [5, 5.41) is 23.3. The lowest BCUT2D eigenvalue weighted by Gasteiger charge is -2.13. The minimum absolute atomic E-state index is 0.542. The van der Waals surface area contributed by atoms with E-state index in [1.54, 1.807) is 0 Å². The highest BCUT2D eigenvalue weighted by Gasteiger charge is 2.36. The minimum atomic E-state index is -4.84. The van der Waals surface area contributed by atoms with Crippen LogP contribution in [0.5, 0.6) is 0 Å². The first-order valence-corrected chi connectivity index (χ1v) is 7.16. The average Bonchev–Trinajstić information content (AvgIpc) is 3.02. The van der Waals surface area contributed by atoms with E-state index in [0.717, 1.165) is 6.08 Å². The molecule has 0 aliphatic heterocycles. The maximum atomic E-state index is 12.9. The Kier molecular flexibility index (Phi) is 7.12. The Morgan fingerprint density at radius 3 is 2.48 bits per heavy atom. The fourth-order valence-electron chi connectivity index (χ4n) is 1.80. The van der Waals surface area contributed by atoms with Crippen LogP contribution in [0.3, 0.4) is 0 Å². The zero-order valence-electron chi connectivity index (χ0n) is 13.6. The molecule has 0 fully saturated rings. The van der Waals surface area contributed by atoms with Crippen molar-refractivity contribution in [3.05, 3.63) is 35.4 Å². The van der Waals surface area contributed by atoms with Crippen LogP contribution >= 0.6 is 0 Å². The Morgan fingerprint density at radius 1 is 1.41 bits per heavy atom. The monoisotopic (exact) mass is 397 g/mol. The van der Waals surface area contributed by atoms with Crippen LogP contribution < -0.4 is 5.32 Å². The summed E-state index contributed by atoms with van der Waals surface area (Å²) in [5.41, 5.74) is -1.92. The van der Waals surface area contributed by atoms with Crippen LogP contribution in [-0.2, 0) is 17.5 Å². The number of hydrogen-bond acceptors (Lipinski definition) is 5. The van der Waals surface area contributed by atoms with Gasteiger partial charge in [-0.25, -0.2) is 9.67 Å². The van der Waals surface area contributed by atoms with Gasteiger partial charge in [-0.2, -0.15) is 31.6 Å². The van der Waals surface area contributed by atoms with Gasteiger partial charge in [0, 0.05) is 6.54 Å². The van der Waals surface area contributed by atoms with Gasteiger partial charge in [0.2, 0.25) is 0 Å². The minimum Gasteiger partial charge on any atom is -0.381 e. The van der Waals surface area contributed by atoms with E-state index in [9.17, 15) is 36.2 Å². The van der Waals surface area contributed by atoms with Crippen LogP contribution in [0.25, 0.3) is 0 Å². The quantitative estimate of drug-likeness (QED) is 0.432. The summed E-state index contributed by atoms with van der Waals surface area (Å²) >= 11 is 0. The first-order chi connectivity index (χ1) is 12.4. The lowest BCUT2D eigenvalue weighted by atomic mass is 10.1. The van der Waals surface area contributed by atoms with Gasteiger partial charge in [0.05, 0.1) is 23.8 Å². The van der Waals surface area contributed by atoms with Crippen molar-refractivity contribution in [3.63, 3.8) is 0 Å². The van der Waals surface area contributed by atoms with Crippen LogP contribution in [0.4, 0.5) is 26.3 Å². The summed E-state index contributed by atoms with van der Waals surface area (Å²) < 4.78 is 76.3. The molecule has 2 N–H and O–H groups in total. The molecule has 148 valence electrons. The van der Waals surface area contributed by atoms with E-state index in [2.05, 4.69) is 10.1 Å². The van der Waals surface area contributed by atoms with E-state index in [-0.39, 0.29) is 0 Å². The zero-order chi connectivity index (χ0) is 20.8. The number of nitriles is 1. The molecule has 0 unspecified atom stereocenters. The maximum absolute atomic E-state index is 12.9. The van der Waals surface area contributed by atoms with Gasteiger partial charge in [0.25, 0.3) is 11.7 Å². The van der Waals surface area contributed by atoms with Gasteiger partial charge < -0.3 is 10.4 Å². The molecule has 0 radical (unpaired) electrons. The fourth-order valence-corrected chi connectivity index (χ4v) is 1.80. The van der Waals surface area contributed by atoms with E-state index in [0.29, 0.717) is 17.1 Å². The molecule has 0 aromatic carbocycles. The number of aromatic nitrogens is 3. The second kappa shape index (κ2) is 8.67. The largest absolute Gasteiger partial charge is 0.453 e. The van der Waals surface area contributed by atoms with Crippen molar-refractivity contribution in [2.75, 3.05) is 6.54 Å². The summed E-state index contributed by atoms with van der Waals surface area (Å²) in [6, 6.07) is 1.37. The van der Waals surface area contributed by atoms with Gasteiger partial charge in [-0.3, -0.25) is 4.79 Å². The number of allylic oxidation sites excluding steroid dienone is 3. The van der Waals surface area contributed by atoms with E-state index in [4.69, 9.17) is 5.26 Å². The van der Waals surface area contributed by atoms with Crippen molar-refractivity contribution in [3.8, 4) is 6.07 Å². The molecule has 27 heavy (non-hydrogen) atoms. The summed E-state index contributed by atoms with van der Waals surface area (Å²) in [6.45, 7) is -0.133. The Bertz CT molecular complexity index is 772. The van der Waals surface area contributed by atoms with Crippen molar-refractivity contribution in [1.29, 1.82) is 5.26 Å². The summed E-state index contributed by atoms with van der Waals surface area (Å²) in [5.74, 6) is -2.61. The predicted molar refractivity (Wildman–Crippen MR) is 77.5 cm³/mol. The number of rotatable bonds is 6. The first kappa shape index (κ1) is 22.2. The van der Waals surface area contributed by atoms with Crippen molar-refractivity contribution in [2.45, 2.75) is 31.9 Å². The molecule has 13 heteroatoms. The van der Waals surface area contributed by atoms with Gasteiger partial charge in [-0.05, 0) is 6.92 Å². The molecule has 1 aromatic heterocycles. The van der Waals surface area contributed by atoms with Gasteiger partial charge in [-0.1, -0.05) is 12.2 Å². The fraction of sp³-hybridized carbons (Fsp3) is 0.429. The van der Waals surface area contributed by atoms with Gasteiger partial charge in [-0.15, -0.1) is 5.10 Å². The molecule has 0 aliphatic carbocycles. The molecule has 0 bridgehead atoms. The lowest BCUT2D eigenvalue weighted by molar-refractivity contribution is -0.145. The molecule has 1 rings (SSSR count). The highest BCUT2D eigenvalue weighted by Crippen LogP contribution is 2.30. The highest BCUT2D eigenvalue weighted by atomic mass is 19.4. The third-order valence-electron chi connectivity index (χ3n) is 3.04. The van der Waals surface area contributed by atoms with E-state index in [1.807, 2.05) is 5.32 Å². The van der Waals surface area contributed by atoms with Crippen LogP contribution in [-0.4, -0.2) is 44.6 Å². The van der Waals surface area contributed by atoms with Gasteiger partial charge >= 0.3 is 12.4 Å². The highest BCUT2D eigenvalue weighted by molar-refractivity contribution is 5.80. The Labute approximate surface area is 148 Å². The molecule has 0 aliphatic rings. The van der Waals surface area contributed by atoms with Gasteiger partial charge in [0.15, 0.2) is 6.10 Å². The summed E-state index contributed by atoms with van der Waals surface area (Å²) in [6.07, 6.45) is -9.39. The first-order valence-electron chi connectivity index (χ1n) is 7.16. The van der Waals surface area contributed by atoms with E-state index >= 15 is 0 Å². The lowest BCUT2D eigenvalue weighted by Crippen LogP contribution is -2.37. The van der Waals surface area contributed by atoms with Crippen LogP contribution in [0, 0.1) is 11.3 Å². The normalized spacial score (nSPS) is 14.6. The van der Waals surface area contributed by atoms with Gasteiger partial charge in [0.1, 0.15) is 6.33 Å². The molecule has 0 saturated heterocycles. The molecule has 1 atom stereocenters. The molecular formula is C14H13F6N5O2. The third-order valence-corrected chi connectivity index (χ3v) is 3.04. The number of amides is 1. The Balaban J connectivity index is 2.73. The molecule has 0 saturated carbocycles. The molecule has 0 spiro atoms. The average molecular weight is 397 g/mol. The number of carbonyl (C=O) groups excluding carboxylic acids is 1. The second-order valence-corrected chi connectivity index (χ2v) is 4.98. The van der Waals surface area contributed by atoms with Crippen LogP contribution in [0.15, 0.2) is 29.6 Å².